The normalized spacial score (nSPS) is 17.1. The van der Waals surface area contributed by atoms with Crippen molar-refractivity contribution in [2.24, 2.45) is 0 Å². The summed E-state index contributed by atoms with van der Waals surface area (Å²) in [7, 11) is 0. The highest BCUT2D eigenvalue weighted by atomic mass is 14.9. The molecule has 1 aromatic heterocycles. The Balaban J connectivity index is 1.70. The van der Waals surface area contributed by atoms with Crippen LogP contribution in [0.3, 0.4) is 0 Å². The maximum absolute atomic E-state index is 2.54. The van der Waals surface area contributed by atoms with Gasteiger partial charge in [0, 0.05) is 18.9 Å². The number of aryl methyl sites for hydroxylation is 3. The first-order valence-electron chi connectivity index (χ1n) is 11.8. The molecule has 1 nitrogen and oxygen atoms in total. The molecule has 1 aliphatic carbocycles. The summed E-state index contributed by atoms with van der Waals surface area (Å²) in [5.41, 5.74) is 9.04. The Bertz CT molecular complexity index is 1050. The largest absolute Gasteiger partial charge is 0.354 e. The van der Waals surface area contributed by atoms with E-state index in [1.54, 1.807) is 11.1 Å². The second-order valence-corrected chi connectivity index (χ2v) is 10.6. The van der Waals surface area contributed by atoms with Crippen LogP contribution in [0.4, 0.5) is 0 Å². The third-order valence-electron chi connectivity index (χ3n) is 7.17. The van der Waals surface area contributed by atoms with E-state index in [2.05, 4.69) is 112 Å². The smallest absolute Gasteiger partial charge is 0.0222 e. The molecule has 0 amide bonds. The number of hydrogen-bond acceptors (Lipinski definition) is 0. The van der Waals surface area contributed by atoms with Gasteiger partial charge in [0.25, 0.3) is 0 Å². The summed E-state index contributed by atoms with van der Waals surface area (Å²) in [6.07, 6.45) is 13.7. The molecule has 0 unspecified atom stereocenters. The van der Waals surface area contributed by atoms with Crippen LogP contribution in [0.5, 0.6) is 0 Å². The minimum absolute atomic E-state index is 0.237. The van der Waals surface area contributed by atoms with Crippen LogP contribution < -0.4 is 0 Å². The SMILES string of the molecule is Cc1ccc(/C=C/c2cc3c(cc2CCCn2cccc2)C(C)(C)CCC3(C)C)cc1. The van der Waals surface area contributed by atoms with Gasteiger partial charge in [-0.25, -0.2) is 0 Å². The lowest BCUT2D eigenvalue weighted by molar-refractivity contribution is 0.331. The van der Waals surface area contributed by atoms with Gasteiger partial charge in [-0.3, -0.25) is 0 Å². The Morgan fingerprint density at radius 2 is 1.45 bits per heavy atom. The van der Waals surface area contributed by atoms with Gasteiger partial charge >= 0.3 is 0 Å². The van der Waals surface area contributed by atoms with Crippen LogP contribution >= 0.6 is 0 Å². The zero-order valence-electron chi connectivity index (χ0n) is 19.9. The van der Waals surface area contributed by atoms with Gasteiger partial charge in [-0.05, 0) is 83.4 Å². The second-order valence-electron chi connectivity index (χ2n) is 10.6. The molecule has 0 aliphatic heterocycles. The van der Waals surface area contributed by atoms with Gasteiger partial charge in [-0.2, -0.15) is 0 Å². The summed E-state index contributed by atoms with van der Waals surface area (Å²) in [6.45, 7) is 12.9. The first kappa shape index (κ1) is 21.7. The fourth-order valence-electron chi connectivity index (χ4n) is 4.88. The van der Waals surface area contributed by atoms with Crippen molar-refractivity contribution < 1.29 is 0 Å². The highest BCUT2D eigenvalue weighted by Crippen LogP contribution is 2.46. The predicted molar refractivity (Wildman–Crippen MR) is 135 cm³/mol. The van der Waals surface area contributed by atoms with Gasteiger partial charge in [0.1, 0.15) is 0 Å². The summed E-state index contributed by atoms with van der Waals surface area (Å²) in [4.78, 5) is 0. The average molecular weight is 412 g/mol. The van der Waals surface area contributed by atoms with Gasteiger partial charge in [-0.1, -0.05) is 81.8 Å². The molecule has 1 heteroatoms. The molecule has 2 aromatic carbocycles. The van der Waals surface area contributed by atoms with E-state index in [9.17, 15) is 0 Å². The Morgan fingerprint density at radius 3 is 2.10 bits per heavy atom. The number of rotatable bonds is 6. The Hall–Kier alpha value is -2.54. The summed E-state index contributed by atoms with van der Waals surface area (Å²) in [5.74, 6) is 0. The lowest BCUT2D eigenvalue weighted by Crippen LogP contribution is -2.34. The van der Waals surface area contributed by atoms with Crippen molar-refractivity contribution in [2.75, 3.05) is 0 Å². The van der Waals surface area contributed by atoms with Crippen LogP contribution in [0, 0.1) is 6.92 Å². The maximum Gasteiger partial charge on any atom is 0.0222 e. The minimum atomic E-state index is 0.237. The molecular weight excluding hydrogens is 374 g/mol. The van der Waals surface area contributed by atoms with Gasteiger partial charge in [0.15, 0.2) is 0 Å². The van der Waals surface area contributed by atoms with Crippen LogP contribution in [-0.4, -0.2) is 4.57 Å². The van der Waals surface area contributed by atoms with Crippen LogP contribution in [0.2, 0.25) is 0 Å². The van der Waals surface area contributed by atoms with E-state index in [1.165, 1.54) is 35.1 Å². The molecule has 0 spiro atoms. The number of fused-ring (bicyclic) bond motifs is 1. The van der Waals surface area contributed by atoms with Crippen LogP contribution in [0.25, 0.3) is 12.2 Å². The third kappa shape index (κ3) is 4.87. The molecule has 0 saturated heterocycles. The molecule has 31 heavy (non-hydrogen) atoms. The average Bonchev–Trinajstić information content (AvgIpc) is 3.25. The zero-order chi connectivity index (χ0) is 22.1. The summed E-state index contributed by atoms with van der Waals surface area (Å²) >= 11 is 0. The van der Waals surface area contributed by atoms with E-state index in [1.807, 2.05) is 0 Å². The third-order valence-corrected chi connectivity index (χ3v) is 7.17. The van der Waals surface area contributed by atoms with Gasteiger partial charge in [0.2, 0.25) is 0 Å². The van der Waals surface area contributed by atoms with Gasteiger partial charge < -0.3 is 4.57 Å². The Labute approximate surface area is 188 Å². The first-order valence-corrected chi connectivity index (χ1v) is 11.8. The van der Waals surface area contributed by atoms with E-state index in [0.29, 0.717) is 0 Å². The Morgan fingerprint density at radius 1 is 0.839 bits per heavy atom. The number of aromatic nitrogens is 1. The highest BCUT2D eigenvalue weighted by molar-refractivity contribution is 5.72. The van der Waals surface area contributed by atoms with Crippen LogP contribution in [-0.2, 0) is 23.8 Å². The van der Waals surface area contributed by atoms with Crippen LogP contribution in [0.15, 0.2) is 60.9 Å². The molecule has 0 N–H and O–H groups in total. The van der Waals surface area contributed by atoms with Crippen molar-refractivity contribution in [3.05, 3.63) is 94.3 Å². The van der Waals surface area contributed by atoms with Crippen molar-refractivity contribution in [2.45, 2.75) is 77.7 Å². The maximum atomic E-state index is 2.54. The van der Waals surface area contributed by atoms with Crippen molar-refractivity contribution >= 4 is 12.2 Å². The van der Waals surface area contributed by atoms with Crippen molar-refractivity contribution in [1.82, 2.24) is 4.57 Å². The molecule has 0 saturated carbocycles. The molecular formula is C30H37N. The number of hydrogen-bond donors (Lipinski definition) is 0. The van der Waals surface area contributed by atoms with Gasteiger partial charge in [-0.15, -0.1) is 0 Å². The van der Waals surface area contributed by atoms with Crippen molar-refractivity contribution in [3.63, 3.8) is 0 Å². The first-order chi connectivity index (χ1) is 14.7. The zero-order valence-corrected chi connectivity index (χ0v) is 19.9. The Kier molecular flexibility index (Phi) is 5.97. The molecule has 3 aromatic rings. The standard InChI is InChI=1S/C30H37N/c1-23-10-12-24(13-11-23)14-15-26-22-28-27(29(2,3)16-17-30(28,4)5)21-25(26)9-8-20-31-18-6-7-19-31/h6-7,10-15,18-19,21-22H,8-9,16-17,20H2,1-5H3/b15-14+. The monoisotopic (exact) mass is 411 g/mol. The van der Waals surface area contributed by atoms with E-state index >= 15 is 0 Å². The molecule has 0 fully saturated rings. The molecule has 0 atom stereocenters. The van der Waals surface area contributed by atoms with Crippen molar-refractivity contribution in [1.29, 1.82) is 0 Å². The van der Waals surface area contributed by atoms with E-state index in [4.69, 9.17) is 0 Å². The molecule has 4 rings (SSSR count). The fraction of sp³-hybridized carbons (Fsp3) is 0.400. The van der Waals surface area contributed by atoms with Crippen molar-refractivity contribution in [3.8, 4) is 0 Å². The summed E-state index contributed by atoms with van der Waals surface area (Å²) in [6, 6.07) is 18.1. The van der Waals surface area contributed by atoms with Crippen LogP contribution in [0.1, 0.15) is 80.3 Å². The molecule has 1 aliphatic rings. The lowest BCUT2D eigenvalue weighted by Gasteiger charge is -2.42. The fourth-order valence-corrected chi connectivity index (χ4v) is 4.88. The van der Waals surface area contributed by atoms with Gasteiger partial charge in [0.05, 0.1) is 0 Å². The molecule has 0 bridgehead atoms. The minimum Gasteiger partial charge on any atom is -0.354 e. The highest BCUT2D eigenvalue weighted by Gasteiger charge is 2.37. The second kappa shape index (κ2) is 8.54. The summed E-state index contributed by atoms with van der Waals surface area (Å²) in [5, 5.41) is 0. The van der Waals surface area contributed by atoms with E-state index < -0.39 is 0 Å². The number of benzene rings is 2. The molecule has 0 radical (unpaired) electrons. The lowest BCUT2D eigenvalue weighted by atomic mass is 9.62. The summed E-state index contributed by atoms with van der Waals surface area (Å²) < 4.78 is 2.28. The predicted octanol–water partition coefficient (Wildman–Crippen LogP) is 7.95. The van der Waals surface area contributed by atoms with E-state index in [0.717, 1.165) is 19.4 Å². The number of nitrogens with zero attached hydrogens (tertiary/aromatic N) is 1. The molecule has 162 valence electrons. The topological polar surface area (TPSA) is 4.93 Å². The van der Waals surface area contributed by atoms with E-state index in [-0.39, 0.29) is 10.8 Å². The molecule has 1 heterocycles. The quantitative estimate of drug-likeness (QED) is 0.363.